The number of benzene rings is 2. The Hall–Kier alpha value is -2.61. The summed E-state index contributed by atoms with van der Waals surface area (Å²) >= 11 is 0. The molecule has 2 heterocycles. The average Bonchev–Trinajstić information content (AvgIpc) is 3.22. The van der Waals surface area contributed by atoms with E-state index in [4.69, 9.17) is 9.47 Å². The zero-order valence-electron chi connectivity index (χ0n) is 16.9. The number of β-amino-alcohol motifs (C(OH)–C–C–N with tert-alkyl or cyclic N) is 1. The van der Waals surface area contributed by atoms with Crippen molar-refractivity contribution in [2.24, 2.45) is 0 Å². The summed E-state index contributed by atoms with van der Waals surface area (Å²) in [5.74, 6) is 1.47. The van der Waals surface area contributed by atoms with Gasteiger partial charge in [0.05, 0.1) is 19.1 Å². The molecule has 1 fully saturated rings. The van der Waals surface area contributed by atoms with Crippen LogP contribution in [0, 0.1) is 0 Å². The normalized spacial score (nSPS) is 22.9. The predicted octanol–water partition coefficient (Wildman–Crippen LogP) is 1.11. The number of hydrogen-bond donors (Lipinski definition) is 3. The fraction of sp³-hybridized carbons (Fsp3) is 0.435. The number of carbonyl (C=O) groups is 1. The molecule has 2 aromatic carbocycles. The molecule has 3 N–H and O–H groups in total. The number of rotatable bonds is 7. The van der Waals surface area contributed by atoms with Crippen molar-refractivity contribution in [2.45, 2.75) is 31.0 Å². The van der Waals surface area contributed by atoms with Gasteiger partial charge in [0, 0.05) is 13.1 Å². The van der Waals surface area contributed by atoms with Gasteiger partial charge in [0.1, 0.15) is 5.60 Å². The van der Waals surface area contributed by atoms with Crippen molar-refractivity contribution in [3.63, 3.8) is 0 Å². The molecule has 1 amide bonds. The van der Waals surface area contributed by atoms with Crippen LogP contribution in [-0.4, -0.2) is 65.7 Å². The molecule has 0 bridgehead atoms. The summed E-state index contributed by atoms with van der Waals surface area (Å²) in [7, 11) is 0. The van der Waals surface area contributed by atoms with Crippen LogP contribution in [0.4, 0.5) is 0 Å². The van der Waals surface area contributed by atoms with Crippen LogP contribution in [0.3, 0.4) is 0 Å². The number of piperidine rings is 1. The molecule has 0 radical (unpaired) electrons. The molecular weight excluding hydrogens is 384 g/mol. The van der Waals surface area contributed by atoms with E-state index in [0.717, 1.165) is 29.0 Å². The van der Waals surface area contributed by atoms with E-state index in [1.165, 1.54) is 0 Å². The lowest BCUT2D eigenvalue weighted by Crippen LogP contribution is -2.62. The van der Waals surface area contributed by atoms with E-state index in [1.807, 2.05) is 48.5 Å². The van der Waals surface area contributed by atoms with Crippen LogP contribution in [0.2, 0.25) is 0 Å². The topological polar surface area (TPSA) is 91.3 Å². The molecule has 7 heteroatoms. The van der Waals surface area contributed by atoms with Crippen LogP contribution < -0.4 is 14.8 Å². The van der Waals surface area contributed by atoms with Crippen molar-refractivity contribution in [3.05, 3.63) is 59.7 Å². The second-order valence-electron chi connectivity index (χ2n) is 8.00. The Morgan fingerprint density at radius 1 is 1.13 bits per heavy atom. The van der Waals surface area contributed by atoms with Crippen molar-refractivity contribution >= 4 is 5.91 Å². The van der Waals surface area contributed by atoms with E-state index in [-0.39, 0.29) is 25.8 Å². The SMILES string of the molecule is O=C(Cc1ccccc1)N1CC[C@H](O)[C@@](O)(CNCCc2ccc3c(c2)OCO3)C1. The molecule has 0 aromatic heterocycles. The summed E-state index contributed by atoms with van der Waals surface area (Å²) in [5.41, 5.74) is 0.682. The van der Waals surface area contributed by atoms with Crippen LogP contribution in [0.5, 0.6) is 11.5 Å². The summed E-state index contributed by atoms with van der Waals surface area (Å²) in [5, 5.41) is 24.6. The third-order valence-corrected chi connectivity index (χ3v) is 5.77. The Bertz CT molecular complexity index is 875. The highest BCUT2D eigenvalue weighted by atomic mass is 16.7. The maximum Gasteiger partial charge on any atom is 0.231 e. The second kappa shape index (κ2) is 9.04. The molecule has 0 saturated carbocycles. The number of carbonyl (C=O) groups excluding carboxylic acids is 1. The number of nitrogens with zero attached hydrogens (tertiary/aromatic N) is 1. The van der Waals surface area contributed by atoms with Crippen molar-refractivity contribution in [1.29, 1.82) is 0 Å². The lowest BCUT2D eigenvalue weighted by molar-refractivity contribution is -0.150. The maximum atomic E-state index is 12.7. The lowest BCUT2D eigenvalue weighted by Gasteiger charge is -2.43. The van der Waals surface area contributed by atoms with Crippen LogP contribution >= 0.6 is 0 Å². The van der Waals surface area contributed by atoms with Crippen LogP contribution in [0.25, 0.3) is 0 Å². The Morgan fingerprint density at radius 3 is 2.77 bits per heavy atom. The van der Waals surface area contributed by atoms with Gasteiger partial charge in [-0.3, -0.25) is 4.79 Å². The van der Waals surface area contributed by atoms with E-state index in [2.05, 4.69) is 5.32 Å². The zero-order chi connectivity index (χ0) is 21.0. The quantitative estimate of drug-likeness (QED) is 0.591. The van der Waals surface area contributed by atoms with Crippen LogP contribution in [0.15, 0.2) is 48.5 Å². The van der Waals surface area contributed by atoms with Gasteiger partial charge < -0.3 is 29.9 Å². The van der Waals surface area contributed by atoms with E-state index < -0.39 is 11.7 Å². The van der Waals surface area contributed by atoms with Gasteiger partial charge in [-0.05, 0) is 42.6 Å². The first-order valence-electron chi connectivity index (χ1n) is 10.3. The highest BCUT2D eigenvalue weighted by Gasteiger charge is 2.42. The summed E-state index contributed by atoms with van der Waals surface area (Å²) < 4.78 is 10.7. The molecule has 7 nitrogen and oxygen atoms in total. The third-order valence-electron chi connectivity index (χ3n) is 5.77. The van der Waals surface area contributed by atoms with Crippen molar-refractivity contribution in [1.82, 2.24) is 10.2 Å². The fourth-order valence-electron chi connectivity index (χ4n) is 3.96. The predicted molar refractivity (Wildman–Crippen MR) is 111 cm³/mol. The molecule has 2 aromatic rings. The van der Waals surface area contributed by atoms with E-state index in [1.54, 1.807) is 4.90 Å². The largest absolute Gasteiger partial charge is 0.454 e. The number of aliphatic hydroxyl groups excluding tert-OH is 1. The van der Waals surface area contributed by atoms with Gasteiger partial charge in [-0.2, -0.15) is 0 Å². The molecule has 160 valence electrons. The maximum absolute atomic E-state index is 12.7. The minimum Gasteiger partial charge on any atom is -0.454 e. The lowest BCUT2D eigenvalue weighted by atomic mass is 9.89. The molecule has 1 saturated heterocycles. The molecule has 0 spiro atoms. The van der Waals surface area contributed by atoms with Gasteiger partial charge in [0.25, 0.3) is 0 Å². The van der Waals surface area contributed by atoms with Crippen molar-refractivity contribution < 1.29 is 24.5 Å². The van der Waals surface area contributed by atoms with Crippen molar-refractivity contribution in [3.8, 4) is 11.5 Å². The molecule has 4 rings (SSSR count). The van der Waals surface area contributed by atoms with E-state index in [0.29, 0.717) is 25.9 Å². The van der Waals surface area contributed by atoms with E-state index >= 15 is 0 Å². The highest BCUT2D eigenvalue weighted by Crippen LogP contribution is 2.32. The average molecular weight is 412 g/mol. The number of aliphatic hydroxyl groups is 2. The number of hydrogen-bond acceptors (Lipinski definition) is 6. The first-order valence-corrected chi connectivity index (χ1v) is 10.3. The number of amides is 1. The summed E-state index contributed by atoms with van der Waals surface area (Å²) in [6.07, 6.45) is 0.543. The van der Waals surface area contributed by atoms with Gasteiger partial charge in [-0.15, -0.1) is 0 Å². The fourth-order valence-corrected chi connectivity index (χ4v) is 3.96. The Morgan fingerprint density at radius 2 is 1.93 bits per heavy atom. The first kappa shape index (κ1) is 20.7. The monoisotopic (exact) mass is 412 g/mol. The van der Waals surface area contributed by atoms with Gasteiger partial charge >= 0.3 is 0 Å². The molecule has 2 aliphatic heterocycles. The summed E-state index contributed by atoms with van der Waals surface area (Å²) in [6, 6.07) is 15.4. The molecular formula is C23H28N2O5. The number of fused-ring (bicyclic) bond motifs is 1. The second-order valence-corrected chi connectivity index (χ2v) is 8.00. The third kappa shape index (κ3) is 4.75. The van der Waals surface area contributed by atoms with Crippen LogP contribution in [-0.2, 0) is 17.6 Å². The van der Waals surface area contributed by atoms with Gasteiger partial charge in [-0.1, -0.05) is 36.4 Å². The molecule has 0 aliphatic carbocycles. The van der Waals surface area contributed by atoms with Gasteiger partial charge in [0.15, 0.2) is 11.5 Å². The molecule has 30 heavy (non-hydrogen) atoms. The minimum absolute atomic E-state index is 0.0353. The standard InChI is InChI=1S/C23H28N2O5/c26-21-9-11-25(22(27)13-17-4-2-1-3-5-17)15-23(21,28)14-24-10-8-18-6-7-19-20(12-18)30-16-29-19/h1-7,12,21,24,26,28H,8-11,13-16H2/t21-,23+/m0/s1. The summed E-state index contributed by atoms with van der Waals surface area (Å²) in [4.78, 5) is 14.3. The summed E-state index contributed by atoms with van der Waals surface area (Å²) in [6.45, 7) is 1.67. The Labute approximate surface area is 176 Å². The number of likely N-dealkylation sites (tertiary alicyclic amines) is 1. The van der Waals surface area contributed by atoms with E-state index in [9.17, 15) is 15.0 Å². The minimum atomic E-state index is -1.36. The number of ether oxygens (including phenoxy) is 2. The highest BCUT2D eigenvalue weighted by molar-refractivity contribution is 5.79. The molecule has 0 unspecified atom stereocenters. The molecule has 2 aliphatic rings. The zero-order valence-corrected chi connectivity index (χ0v) is 16.9. The Balaban J connectivity index is 1.28. The Kier molecular flexibility index (Phi) is 6.22. The van der Waals surface area contributed by atoms with Gasteiger partial charge in [-0.25, -0.2) is 0 Å². The number of nitrogens with one attached hydrogen (secondary N) is 1. The van der Waals surface area contributed by atoms with Gasteiger partial charge in [0.2, 0.25) is 12.7 Å². The van der Waals surface area contributed by atoms with Crippen LogP contribution in [0.1, 0.15) is 17.5 Å². The smallest absolute Gasteiger partial charge is 0.231 e. The first-order chi connectivity index (χ1) is 14.5. The van der Waals surface area contributed by atoms with Crippen molar-refractivity contribution in [2.75, 3.05) is 33.0 Å². The molecule has 2 atom stereocenters.